The molecule has 26 heavy (non-hydrogen) atoms. The number of amides is 1. The van der Waals surface area contributed by atoms with E-state index in [4.69, 9.17) is 18.9 Å². The van der Waals surface area contributed by atoms with Crippen LogP contribution in [0.25, 0.3) is 0 Å². The molecule has 1 aliphatic heterocycles. The van der Waals surface area contributed by atoms with Crippen LogP contribution in [-0.2, 0) is 14.3 Å². The van der Waals surface area contributed by atoms with Crippen molar-refractivity contribution in [3.05, 3.63) is 48.5 Å². The minimum Gasteiger partial charge on any atom is -0.486 e. The van der Waals surface area contributed by atoms with E-state index in [2.05, 4.69) is 5.32 Å². The summed E-state index contributed by atoms with van der Waals surface area (Å²) in [5.74, 6) is 0.675. The van der Waals surface area contributed by atoms with Crippen LogP contribution < -0.4 is 19.5 Å². The lowest BCUT2D eigenvalue weighted by molar-refractivity contribution is -0.153. The second-order valence-corrected chi connectivity index (χ2v) is 5.59. The molecule has 0 aromatic heterocycles. The van der Waals surface area contributed by atoms with Crippen molar-refractivity contribution in [1.29, 1.82) is 0 Å². The third-order valence-electron chi connectivity index (χ3n) is 3.56. The zero-order chi connectivity index (χ0) is 18.4. The number of para-hydroxylation sites is 1. The summed E-state index contributed by atoms with van der Waals surface area (Å²) in [5.41, 5.74) is 0.531. The topological polar surface area (TPSA) is 83.1 Å². The van der Waals surface area contributed by atoms with Gasteiger partial charge in [0.1, 0.15) is 19.0 Å². The maximum absolute atomic E-state index is 12.0. The number of hydrogen-bond acceptors (Lipinski definition) is 6. The zero-order valence-electron chi connectivity index (χ0n) is 14.3. The minimum atomic E-state index is -0.820. The molecule has 1 aliphatic rings. The molecule has 1 N–H and O–H groups in total. The van der Waals surface area contributed by atoms with Gasteiger partial charge in [-0.3, -0.25) is 4.79 Å². The summed E-state index contributed by atoms with van der Waals surface area (Å²) in [7, 11) is 0. The van der Waals surface area contributed by atoms with Crippen molar-refractivity contribution < 1.29 is 28.5 Å². The SMILES string of the molecule is CC(Oc1ccccc1)C(=O)OCC(=O)Nc1ccc2c(c1)OCCO2. The van der Waals surface area contributed by atoms with Crippen LogP contribution in [0.2, 0.25) is 0 Å². The maximum Gasteiger partial charge on any atom is 0.347 e. The maximum atomic E-state index is 12.0. The van der Waals surface area contributed by atoms with Crippen LogP contribution in [-0.4, -0.2) is 37.8 Å². The van der Waals surface area contributed by atoms with E-state index in [-0.39, 0.29) is 0 Å². The molecule has 0 radical (unpaired) electrons. The fourth-order valence-corrected chi connectivity index (χ4v) is 2.32. The lowest BCUT2D eigenvalue weighted by atomic mass is 10.2. The van der Waals surface area contributed by atoms with E-state index in [9.17, 15) is 9.59 Å². The van der Waals surface area contributed by atoms with Gasteiger partial charge in [-0.05, 0) is 31.2 Å². The number of rotatable bonds is 6. The lowest BCUT2D eigenvalue weighted by Gasteiger charge is -2.19. The molecule has 136 valence electrons. The molecule has 0 fully saturated rings. The van der Waals surface area contributed by atoms with E-state index in [1.54, 1.807) is 49.4 Å². The number of anilines is 1. The Morgan fingerprint density at radius 1 is 1.08 bits per heavy atom. The number of benzene rings is 2. The highest BCUT2D eigenvalue weighted by molar-refractivity contribution is 5.93. The minimum absolute atomic E-state index is 0.407. The Morgan fingerprint density at radius 2 is 1.81 bits per heavy atom. The van der Waals surface area contributed by atoms with Gasteiger partial charge in [0.05, 0.1) is 0 Å². The Balaban J connectivity index is 1.47. The smallest absolute Gasteiger partial charge is 0.347 e. The number of carbonyl (C=O) groups is 2. The van der Waals surface area contributed by atoms with Crippen LogP contribution >= 0.6 is 0 Å². The first-order chi connectivity index (χ1) is 12.6. The fourth-order valence-electron chi connectivity index (χ4n) is 2.32. The van der Waals surface area contributed by atoms with Crippen LogP contribution in [0, 0.1) is 0 Å². The van der Waals surface area contributed by atoms with Gasteiger partial charge in [0.25, 0.3) is 5.91 Å². The number of fused-ring (bicyclic) bond motifs is 1. The van der Waals surface area contributed by atoms with E-state index in [0.717, 1.165) is 0 Å². The molecule has 2 aromatic carbocycles. The highest BCUT2D eigenvalue weighted by Gasteiger charge is 2.18. The second-order valence-electron chi connectivity index (χ2n) is 5.59. The van der Waals surface area contributed by atoms with Gasteiger partial charge in [-0.15, -0.1) is 0 Å². The van der Waals surface area contributed by atoms with E-state index in [1.165, 1.54) is 0 Å². The van der Waals surface area contributed by atoms with E-state index in [0.29, 0.717) is 36.1 Å². The van der Waals surface area contributed by atoms with Gasteiger partial charge in [-0.25, -0.2) is 4.79 Å². The third-order valence-corrected chi connectivity index (χ3v) is 3.56. The Hall–Kier alpha value is -3.22. The quantitative estimate of drug-likeness (QED) is 0.800. The Kier molecular flexibility index (Phi) is 5.58. The highest BCUT2D eigenvalue weighted by atomic mass is 16.6. The predicted molar refractivity (Wildman–Crippen MR) is 93.6 cm³/mol. The predicted octanol–water partition coefficient (Wildman–Crippen LogP) is 2.41. The van der Waals surface area contributed by atoms with Crippen LogP contribution in [0.5, 0.6) is 17.2 Å². The molecule has 0 bridgehead atoms. The monoisotopic (exact) mass is 357 g/mol. The van der Waals surface area contributed by atoms with Crippen molar-refractivity contribution in [2.75, 3.05) is 25.1 Å². The molecular formula is C19H19NO6. The summed E-state index contributed by atoms with van der Waals surface area (Å²) in [6.07, 6.45) is -0.820. The molecule has 7 nitrogen and oxygen atoms in total. The van der Waals surface area contributed by atoms with E-state index in [1.807, 2.05) is 6.07 Å². The first kappa shape index (κ1) is 17.6. The van der Waals surface area contributed by atoms with E-state index < -0.39 is 24.6 Å². The molecule has 0 saturated heterocycles. The molecular weight excluding hydrogens is 338 g/mol. The van der Waals surface area contributed by atoms with Gasteiger partial charge in [0.2, 0.25) is 0 Å². The summed E-state index contributed by atoms with van der Waals surface area (Å²) < 4.78 is 21.3. The van der Waals surface area contributed by atoms with E-state index >= 15 is 0 Å². The van der Waals surface area contributed by atoms with Gasteiger partial charge in [0.15, 0.2) is 24.2 Å². The van der Waals surface area contributed by atoms with Crippen LogP contribution in [0.15, 0.2) is 48.5 Å². The Morgan fingerprint density at radius 3 is 2.58 bits per heavy atom. The van der Waals surface area contributed by atoms with Crippen LogP contribution in [0.1, 0.15) is 6.92 Å². The molecule has 1 amide bonds. The third kappa shape index (κ3) is 4.66. The normalized spacial score (nSPS) is 13.4. The van der Waals surface area contributed by atoms with Crippen molar-refractivity contribution >= 4 is 17.6 Å². The summed E-state index contributed by atoms with van der Waals surface area (Å²) in [6, 6.07) is 14.0. The molecule has 0 aliphatic carbocycles. The summed E-state index contributed by atoms with van der Waals surface area (Å²) in [6.45, 7) is 2.11. The molecule has 2 aromatic rings. The average Bonchev–Trinajstić information content (AvgIpc) is 2.66. The van der Waals surface area contributed by atoms with Crippen molar-refractivity contribution in [2.24, 2.45) is 0 Å². The zero-order valence-corrected chi connectivity index (χ0v) is 14.3. The van der Waals surface area contributed by atoms with Crippen LogP contribution in [0.3, 0.4) is 0 Å². The standard InChI is InChI=1S/C19H19NO6/c1-13(26-15-5-3-2-4-6-15)19(22)25-12-18(21)20-14-7-8-16-17(11-14)24-10-9-23-16/h2-8,11,13H,9-10,12H2,1H3,(H,20,21). The first-order valence-electron chi connectivity index (χ1n) is 8.19. The largest absolute Gasteiger partial charge is 0.486 e. The summed E-state index contributed by atoms with van der Waals surface area (Å²) >= 11 is 0. The summed E-state index contributed by atoms with van der Waals surface area (Å²) in [4.78, 5) is 23.9. The Bertz CT molecular complexity index is 777. The molecule has 1 unspecified atom stereocenters. The molecule has 0 saturated carbocycles. The van der Waals surface area contributed by atoms with Gasteiger partial charge in [-0.2, -0.15) is 0 Å². The fraction of sp³-hybridized carbons (Fsp3) is 0.263. The molecule has 1 heterocycles. The molecule has 1 atom stereocenters. The van der Waals surface area contributed by atoms with Crippen molar-refractivity contribution in [3.63, 3.8) is 0 Å². The van der Waals surface area contributed by atoms with Gasteiger partial charge in [0, 0.05) is 11.8 Å². The van der Waals surface area contributed by atoms with Crippen molar-refractivity contribution in [2.45, 2.75) is 13.0 Å². The first-order valence-corrected chi connectivity index (χ1v) is 8.19. The highest BCUT2D eigenvalue weighted by Crippen LogP contribution is 2.32. The Labute approximate surface area is 150 Å². The van der Waals surface area contributed by atoms with Gasteiger partial charge >= 0.3 is 5.97 Å². The number of ether oxygens (including phenoxy) is 4. The molecule has 3 rings (SSSR count). The van der Waals surface area contributed by atoms with Crippen LogP contribution in [0.4, 0.5) is 5.69 Å². The number of carbonyl (C=O) groups excluding carboxylic acids is 2. The lowest BCUT2D eigenvalue weighted by Crippen LogP contribution is -2.29. The second kappa shape index (κ2) is 8.24. The average molecular weight is 357 g/mol. The number of hydrogen-bond donors (Lipinski definition) is 1. The van der Waals surface area contributed by atoms with Gasteiger partial charge in [-0.1, -0.05) is 18.2 Å². The van der Waals surface area contributed by atoms with Gasteiger partial charge < -0.3 is 24.3 Å². The summed E-state index contributed by atoms with van der Waals surface area (Å²) in [5, 5.41) is 2.64. The number of nitrogens with one attached hydrogen (secondary N) is 1. The van der Waals surface area contributed by atoms with Crippen molar-refractivity contribution in [1.82, 2.24) is 0 Å². The molecule has 7 heteroatoms. The number of esters is 1. The van der Waals surface area contributed by atoms with Crippen molar-refractivity contribution in [3.8, 4) is 17.2 Å². The molecule has 0 spiro atoms.